The van der Waals surface area contributed by atoms with Crippen LogP contribution in [-0.4, -0.2) is 12.3 Å². The van der Waals surface area contributed by atoms with Crippen LogP contribution in [0.15, 0.2) is 24.3 Å². The van der Waals surface area contributed by atoms with E-state index in [1.807, 2.05) is 0 Å². The Hall–Kier alpha value is -1.02. The molecule has 11 heavy (non-hydrogen) atoms. The summed E-state index contributed by atoms with van der Waals surface area (Å²) < 4.78 is 25.1. The van der Waals surface area contributed by atoms with Gasteiger partial charge in [0.05, 0.1) is 11.2 Å². The monoisotopic (exact) mass is 173 g/mol. The molecule has 0 saturated carbocycles. The van der Waals surface area contributed by atoms with Gasteiger partial charge in [0.1, 0.15) is 5.75 Å². The number of halogens is 1. The Morgan fingerprint density at radius 3 is 2.64 bits per heavy atom. The van der Waals surface area contributed by atoms with Gasteiger partial charge in [0, 0.05) is 5.56 Å². The maximum atomic E-state index is 10.7. The molecule has 0 unspecified atom stereocenters. The largest absolute Gasteiger partial charge is 0.497 e. The normalized spacial score (nSPS) is 14.5. The van der Waals surface area contributed by atoms with E-state index in [0.717, 1.165) is 0 Å². The minimum absolute atomic E-state index is 0.173. The maximum absolute atomic E-state index is 10.7. The number of hydrogen-bond donors (Lipinski definition) is 0. The first-order chi connectivity index (χ1) is 6.38. The summed E-state index contributed by atoms with van der Waals surface area (Å²) in [5.41, 5.74) is 0.296. The van der Waals surface area contributed by atoms with Gasteiger partial charge >= 0.3 is 0 Å². The third-order valence-electron chi connectivity index (χ3n) is 1.20. The summed E-state index contributed by atoms with van der Waals surface area (Å²) in [6, 6.07) is 5.55. The first-order valence-corrected chi connectivity index (χ1v) is 3.25. The molecule has 0 aliphatic heterocycles. The molecular weight excluding hydrogens is 164 g/mol. The van der Waals surface area contributed by atoms with Crippen LogP contribution in [0.1, 0.15) is 14.5 Å². The molecule has 1 aromatic rings. The first kappa shape index (κ1) is 4.78. The van der Waals surface area contributed by atoms with E-state index in [-0.39, 0.29) is 5.75 Å². The molecular formula is C8H7ClO2. The van der Waals surface area contributed by atoms with Gasteiger partial charge in [-0.3, -0.25) is 4.79 Å². The molecule has 3 heteroatoms. The highest BCUT2D eigenvalue weighted by Crippen LogP contribution is 2.12. The van der Waals surface area contributed by atoms with Gasteiger partial charge in [-0.2, -0.15) is 0 Å². The van der Waals surface area contributed by atoms with Crippen LogP contribution in [0.3, 0.4) is 0 Å². The molecule has 0 atom stereocenters. The Balaban J connectivity index is 2.79. The highest BCUT2D eigenvalue weighted by atomic mass is 35.5. The van der Waals surface area contributed by atoms with Crippen molar-refractivity contribution in [2.75, 3.05) is 7.04 Å². The topological polar surface area (TPSA) is 26.3 Å². The quantitative estimate of drug-likeness (QED) is 0.640. The lowest BCUT2D eigenvalue weighted by atomic mass is 10.2. The second-order valence-corrected chi connectivity index (χ2v) is 2.24. The maximum Gasteiger partial charge on any atom is 0.252 e. The molecule has 0 N–H and O–H groups in total. The Bertz CT molecular complexity index is 331. The van der Waals surface area contributed by atoms with Gasteiger partial charge in [0.15, 0.2) is 0 Å². The molecule has 0 aliphatic carbocycles. The summed E-state index contributed by atoms with van der Waals surface area (Å²) in [6.07, 6.45) is 0. The average Bonchev–Trinajstić information content (AvgIpc) is 2.02. The lowest BCUT2D eigenvalue weighted by molar-refractivity contribution is 0.108. The van der Waals surface area contributed by atoms with E-state index in [1.165, 1.54) is 24.3 Å². The van der Waals surface area contributed by atoms with Crippen LogP contribution in [-0.2, 0) is 0 Å². The number of rotatable bonds is 2. The molecule has 1 rings (SSSR count). The lowest BCUT2D eigenvalue weighted by Gasteiger charge is -1.98. The van der Waals surface area contributed by atoms with Gasteiger partial charge in [0.25, 0.3) is 5.24 Å². The van der Waals surface area contributed by atoms with E-state index in [0.29, 0.717) is 5.56 Å². The van der Waals surface area contributed by atoms with Crippen LogP contribution in [0.25, 0.3) is 0 Å². The zero-order valence-electron chi connectivity index (χ0n) is 8.50. The molecule has 0 saturated heterocycles. The lowest BCUT2D eigenvalue weighted by Crippen LogP contribution is -1.88. The minimum atomic E-state index is -2.48. The third-order valence-corrected chi connectivity index (χ3v) is 1.42. The van der Waals surface area contributed by atoms with Gasteiger partial charge in [0.2, 0.25) is 0 Å². The molecule has 1 aromatic carbocycles. The molecule has 0 bridgehead atoms. The number of methoxy groups -OCH3 is 1. The standard InChI is InChI=1S/C8H7ClO2/c1-11-7-4-2-6(3-5-7)8(9)10/h2-5H,1H3/i1D3. The summed E-state index contributed by atoms with van der Waals surface area (Å²) in [5, 5.41) is -0.592. The molecule has 0 amide bonds. The Labute approximate surface area is 74.0 Å². The molecule has 0 fully saturated rings. The highest BCUT2D eigenvalue weighted by Gasteiger charge is 1.99. The van der Waals surface area contributed by atoms with Crippen molar-refractivity contribution in [1.29, 1.82) is 0 Å². The van der Waals surface area contributed by atoms with Crippen molar-refractivity contribution < 1.29 is 13.6 Å². The van der Waals surface area contributed by atoms with Crippen molar-refractivity contribution >= 4 is 16.8 Å². The van der Waals surface area contributed by atoms with Crippen LogP contribution < -0.4 is 4.74 Å². The molecule has 0 heterocycles. The zero-order valence-corrected chi connectivity index (χ0v) is 6.26. The Morgan fingerprint density at radius 2 is 2.18 bits per heavy atom. The number of benzene rings is 1. The smallest absolute Gasteiger partial charge is 0.252 e. The van der Waals surface area contributed by atoms with Crippen molar-refractivity contribution in [2.24, 2.45) is 0 Å². The van der Waals surface area contributed by atoms with Crippen molar-refractivity contribution in [3.05, 3.63) is 29.8 Å². The average molecular weight is 174 g/mol. The van der Waals surface area contributed by atoms with Crippen molar-refractivity contribution in [2.45, 2.75) is 0 Å². The summed E-state index contributed by atoms with van der Waals surface area (Å²) in [7, 11) is -2.48. The summed E-state index contributed by atoms with van der Waals surface area (Å²) >= 11 is 5.20. The van der Waals surface area contributed by atoms with E-state index in [4.69, 9.17) is 15.7 Å². The van der Waals surface area contributed by atoms with Gasteiger partial charge in [-0.25, -0.2) is 0 Å². The SMILES string of the molecule is [2H]C([2H])([2H])Oc1ccc(C(=O)Cl)cc1. The summed E-state index contributed by atoms with van der Waals surface area (Å²) in [5.74, 6) is 0.173. The summed E-state index contributed by atoms with van der Waals surface area (Å²) in [6.45, 7) is 0. The number of ether oxygens (including phenoxy) is 1. The Morgan fingerprint density at radius 1 is 1.55 bits per heavy atom. The molecule has 2 nitrogen and oxygen atoms in total. The fourth-order valence-corrected chi connectivity index (χ4v) is 0.780. The number of hydrogen-bond acceptors (Lipinski definition) is 2. The van der Waals surface area contributed by atoms with Crippen LogP contribution in [0.4, 0.5) is 0 Å². The third kappa shape index (κ3) is 1.95. The number of carbonyl (C=O) groups is 1. The van der Waals surface area contributed by atoms with E-state index in [1.54, 1.807) is 0 Å². The van der Waals surface area contributed by atoms with Gasteiger partial charge in [-0.05, 0) is 35.9 Å². The van der Waals surface area contributed by atoms with Crippen LogP contribution in [0, 0.1) is 0 Å². The van der Waals surface area contributed by atoms with E-state index in [2.05, 4.69) is 4.74 Å². The molecule has 58 valence electrons. The van der Waals surface area contributed by atoms with Gasteiger partial charge in [-0.1, -0.05) is 0 Å². The minimum Gasteiger partial charge on any atom is -0.497 e. The second kappa shape index (κ2) is 3.39. The van der Waals surface area contributed by atoms with Crippen LogP contribution in [0.2, 0.25) is 0 Å². The van der Waals surface area contributed by atoms with E-state index >= 15 is 0 Å². The van der Waals surface area contributed by atoms with Crippen molar-refractivity contribution in [1.82, 2.24) is 0 Å². The molecule has 0 aromatic heterocycles. The van der Waals surface area contributed by atoms with Crippen molar-refractivity contribution in [3.63, 3.8) is 0 Å². The van der Waals surface area contributed by atoms with E-state index < -0.39 is 12.3 Å². The van der Waals surface area contributed by atoms with Gasteiger partial charge < -0.3 is 4.74 Å². The van der Waals surface area contributed by atoms with Crippen LogP contribution >= 0.6 is 11.6 Å². The second-order valence-electron chi connectivity index (χ2n) is 1.90. The molecule has 0 radical (unpaired) electrons. The predicted octanol–water partition coefficient (Wildman–Crippen LogP) is 2.07. The Kier molecular flexibility index (Phi) is 1.47. The van der Waals surface area contributed by atoms with E-state index in [9.17, 15) is 4.79 Å². The fourth-order valence-electron chi connectivity index (χ4n) is 0.654. The summed E-state index contributed by atoms with van der Waals surface area (Å²) in [4.78, 5) is 10.7. The van der Waals surface area contributed by atoms with Gasteiger partial charge in [-0.15, -0.1) is 0 Å². The number of carbonyl (C=O) groups excluding carboxylic acids is 1. The van der Waals surface area contributed by atoms with Crippen LogP contribution in [0.5, 0.6) is 5.75 Å². The predicted molar refractivity (Wildman–Crippen MR) is 43.2 cm³/mol. The highest BCUT2D eigenvalue weighted by molar-refractivity contribution is 6.67. The zero-order chi connectivity index (χ0) is 10.8. The first-order valence-electron chi connectivity index (χ1n) is 4.37. The molecule has 0 aliphatic rings. The van der Waals surface area contributed by atoms with Crippen molar-refractivity contribution in [3.8, 4) is 5.75 Å². The fraction of sp³-hybridized carbons (Fsp3) is 0.125. The molecule has 0 spiro atoms.